The summed E-state index contributed by atoms with van der Waals surface area (Å²) >= 11 is 1.30. The maximum atomic E-state index is 13.2. The summed E-state index contributed by atoms with van der Waals surface area (Å²) in [5, 5.41) is 3.45. The first-order chi connectivity index (χ1) is 12.6. The van der Waals surface area contributed by atoms with Gasteiger partial charge in [0.25, 0.3) is 5.56 Å². The van der Waals surface area contributed by atoms with Gasteiger partial charge in [-0.1, -0.05) is 0 Å². The molecule has 2 aliphatic rings. The van der Waals surface area contributed by atoms with Gasteiger partial charge in [-0.3, -0.25) is 9.78 Å². The van der Waals surface area contributed by atoms with E-state index in [-0.39, 0.29) is 6.23 Å². The smallest absolute Gasteiger partial charge is 0.333 e. The van der Waals surface area contributed by atoms with Crippen molar-refractivity contribution in [2.45, 2.75) is 57.9 Å². The van der Waals surface area contributed by atoms with Crippen molar-refractivity contribution in [1.29, 1.82) is 0 Å². The Kier molecular flexibility index (Phi) is 3.78. The van der Waals surface area contributed by atoms with E-state index in [1.165, 1.54) is 17.6 Å². The number of carbonyl (C=O) groups is 1. The van der Waals surface area contributed by atoms with Crippen molar-refractivity contribution < 1.29 is 14.3 Å². The number of fused-ring (bicyclic) bond motifs is 1. The molecule has 1 aliphatic heterocycles. The number of H-pyrrole nitrogens is 1. The number of rotatable bonds is 3. The van der Waals surface area contributed by atoms with Crippen LogP contribution in [0, 0.1) is 6.92 Å². The predicted octanol–water partition coefficient (Wildman–Crippen LogP) is 1.98. The van der Waals surface area contributed by atoms with Gasteiger partial charge in [-0.2, -0.15) is 0 Å². The maximum Gasteiger partial charge on any atom is 0.333 e. The highest BCUT2D eigenvalue weighted by atomic mass is 32.1. The van der Waals surface area contributed by atoms with Crippen molar-refractivity contribution in [2.24, 2.45) is 0 Å². The predicted molar refractivity (Wildman–Crippen MR) is 101 cm³/mol. The third-order valence-corrected chi connectivity index (χ3v) is 5.97. The van der Waals surface area contributed by atoms with E-state index >= 15 is 0 Å². The molecule has 8 nitrogen and oxygen atoms in total. The van der Waals surface area contributed by atoms with Gasteiger partial charge in [-0.05, 0) is 46.1 Å². The van der Waals surface area contributed by atoms with E-state index < -0.39 is 28.4 Å². The Morgan fingerprint density at radius 1 is 1.37 bits per heavy atom. The number of nitrogens with one attached hydrogen (secondary N) is 2. The number of thiophene rings is 1. The van der Waals surface area contributed by atoms with Gasteiger partial charge in [-0.25, -0.2) is 14.2 Å². The van der Waals surface area contributed by atoms with Crippen molar-refractivity contribution >= 4 is 27.5 Å². The molecule has 144 valence electrons. The normalized spacial score (nSPS) is 20.4. The molecule has 0 spiro atoms. The minimum atomic E-state index is -1.22. The molecule has 1 aliphatic carbocycles. The van der Waals surface area contributed by atoms with Crippen LogP contribution in [0.4, 0.5) is 0 Å². The highest BCUT2D eigenvalue weighted by molar-refractivity contribution is 7.18. The van der Waals surface area contributed by atoms with E-state index in [1.807, 2.05) is 6.92 Å². The average Bonchev–Trinajstić information content (AvgIpc) is 3.02. The zero-order chi connectivity index (χ0) is 19.6. The van der Waals surface area contributed by atoms with Crippen LogP contribution in [-0.4, -0.2) is 21.1 Å². The molecule has 2 aromatic rings. The van der Waals surface area contributed by atoms with Gasteiger partial charge in [0.05, 0.1) is 10.3 Å². The van der Waals surface area contributed by atoms with E-state index in [2.05, 4.69) is 10.3 Å². The number of aromatic amines is 1. The topological polar surface area (TPSA) is 102 Å². The number of nitrogens with zero attached hydrogens (tertiary/aromatic N) is 1. The Labute approximate surface area is 158 Å². The van der Waals surface area contributed by atoms with Gasteiger partial charge < -0.3 is 14.8 Å². The van der Waals surface area contributed by atoms with E-state index in [0.717, 1.165) is 15.0 Å². The first-order valence-corrected chi connectivity index (χ1v) is 9.54. The first-order valence-electron chi connectivity index (χ1n) is 8.73. The molecule has 1 fully saturated rings. The number of esters is 1. The van der Waals surface area contributed by atoms with Gasteiger partial charge in [0, 0.05) is 6.20 Å². The Morgan fingerprint density at radius 3 is 2.63 bits per heavy atom. The van der Waals surface area contributed by atoms with Crippen molar-refractivity contribution in [1.82, 2.24) is 14.9 Å². The summed E-state index contributed by atoms with van der Waals surface area (Å²) in [6.45, 7) is 7.09. The molecule has 9 heteroatoms. The number of hydrogen-bond donors (Lipinski definition) is 2. The minimum absolute atomic E-state index is 0.389. The molecule has 1 saturated carbocycles. The molecule has 0 radical (unpaired) electrons. The minimum Gasteiger partial charge on any atom is -0.472 e. The van der Waals surface area contributed by atoms with Crippen LogP contribution in [0.25, 0.3) is 10.2 Å². The Morgan fingerprint density at radius 2 is 2.07 bits per heavy atom. The number of hydrogen-bond acceptors (Lipinski definition) is 7. The summed E-state index contributed by atoms with van der Waals surface area (Å²) in [5.74, 6) is -0.542. The number of carbonyl (C=O) groups excluding carboxylic acids is 1. The molecular formula is C18H21N3O5S. The van der Waals surface area contributed by atoms with Crippen molar-refractivity contribution in [3.8, 4) is 0 Å². The Hall–Kier alpha value is -2.55. The molecule has 3 heterocycles. The summed E-state index contributed by atoms with van der Waals surface area (Å²) in [5.41, 5.74) is -2.25. The van der Waals surface area contributed by atoms with Crippen molar-refractivity contribution in [3.63, 3.8) is 0 Å². The van der Waals surface area contributed by atoms with Gasteiger partial charge in [0.15, 0.2) is 5.54 Å². The molecule has 2 aromatic heterocycles. The van der Waals surface area contributed by atoms with Crippen molar-refractivity contribution in [2.75, 3.05) is 0 Å². The van der Waals surface area contributed by atoms with Gasteiger partial charge in [0.2, 0.25) is 6.23 Å². The van der Waals surface area contributed by atoms with Gasteiger partial charge in [0.1, 0.15) is 16.7 Å². The molecule has 2 N–H and O–H groups in total. The zero-order valence-corrected chi connectivity index (χ0v) is 16.4. The summed E-state index contributed by atoms with van der Waals surface area (Å²) in [4.78, 5) is 42.7. The molecule has 0 amide bonds. The van der Waals surface area contributed by atoms with Crippen LogP contribution < -0.4 is 16.6 Å². The molecule has 4 rings (SSSR count). The van der Waals surface area contributed by atoms with Crippen LogP contribution in [0.3, 0.4) is 0 Å². The third kappa shape index (κ3) is 2.77. The second-order valence-electron chi connectivity index (χ2n) is 7.89. The van der Waals surface area contributed by atoms with E-state index in [9.17, 15) is 14.4 Å². The molecule has 27 heavy (non-hydrogen) atoms. The summed E-state index contributed by atoms with van der Waals surface area (Å²) in [6.07, 6.45) is 3.64. The monoisotopic (exact) mass is 391 g/mol. The second-order valence-corrected chi connectivity index (χ2v) is 8.94. The van der Waals surface area contributed by atoms with Crippen LogP contribution in [0.15, 0.2) is 22.1 Å². The summed E-state index contributed by atoms with van der Waals surface area (Å²) < 4.78 is 12.0. The summed E-state index contributed by atoms with van der Waals surface area (Å²) in [6, 6.07) is 0. The highest BCUT2D eigenvalue weighted by Gasteiger charge is 2.56. The molecule has 1 unspecified atom stereocenters. The largest absolute Gasteiger partial charge is 0.472 e. The zero-order valence-electron chi connectivity index (χ0n) is 15.5. The van der Waals surface area contributed by atoms with E-state index in [0.29, 0.717) is 23.1 Å². The lowest BCUT2D eigenvalue weighted by Crippen LogP contribution is -2.47. The molecule has 0 aromatic carbocycles. The third-order valence-electron chi connectivity index (χ3n) is 4.72. The van der Waals surface area contributed by atoms with Crippen LogP contribution in [-0.2, 0) is 19.8 Å². The number of ether oxygens (including phenoxy) is 2. The van der Waals surface area contributed by atoms with Crippen LogP contribution in [0.5, 0.6) is 0 Å². The molecule has 0 saturated heterocycles. The van der Waals surface area contributed by atoms with Crippen LogP contribution in [0.1, 0.15) is 50.3 Å². The van der Waals surface area contributed by atoms with Crippen LogP contribution in [0.2, 0.25) is 0 Å². The van der Waals surface area contributed by atoms with E-state index in [1.54, 1.807) is 27.0 Å². The second kappa shape index (κ2) is 5.72. The van der Waals surface area contributed by atoms with Gasteiger partial charge >= 0.3 is 11.7 Å². The first kappa shape index (κ1) is 17.8. The fourth-order valence-electron chi connectivity index (χ4n) is 3.30. The lowest BCUT2D eigenvalue weighted by atomic mass is 10.1. The average molecular weight is 391 g/mol. The number of aryl methyl sites for hydroxylation is 1. The lowest BCUT2D eigenvalue weighted by molar-refractivity contribution is -0.161. The molecule has 1 atom stereocenters. The summed E-state index contributed by atoms with van der Waals surface area (Å²) in [7, 11) is 0. The maximum absolute atomic E-state index is 13.2. The SMILES string of the molecule is Cc1c(C2NC=CO2)sc2[nH]c(=O)n(C3(C(=O)OC(C)(C)C)CC3)c(=O)c12. The molecular weight excluding hydrogens is 370 g/mol. The van der Waals surface area contributed by atoms with Crippen molar-refractivity contribution in [3.05, 3.63) is 43.7 Å². The highest BCUT2D eigenvalue weighted by Crippen LogP contribution is 2.44. The molecule has 0 bridgehead atoms. The standard InChI is InChI=1S/C18H21N3O5S/c1-9-10-13(27-11(9)12-19-7-8-25-12)20-16(24)21(14(10)22)18(5-6-18)15(23)26-17(2,3)4/h7-8,12,19H,5-6H2,1-4H3,(H,20,24). The Balaban J connectivity index is 1.85. The lowest BCUT2D eigenvalue weighted by Gasteiger charge is -2.24. The number of aromatic nitrogens is 2. The van der Waals surface area contributed by atoms with Crippen LogP contribution >= 0.6 is 11.3 Å². The fourth-order valence-corrected chi connectivity index (χ4v) is 4.49. The Bertz CT molecular complexity index is 1070. The van der Waals surface area contributed by atoms with E-state index in [4.69, 9.17) is 9.47 Å². The fraction of sp³-hybridized carbons (Fsp3) is 0.500. The van der Waals surface area contributed by atoms with Gasteiger partial charge in [-0.15, -0.1) is 11.3 Å². The quantitative estimate of drug-likeness (QED) is 0.776.